The smallest absolute Gasteiger partial charge is 0.251 e. The summed E-state index contributed by atoms with van der Waals surface area (Å²) in [6, 6.07) is 6.02. The van der Waals surface area contributed by atoms with Gasteiger partial charge in [-0.1, -0.05) is 12.8 Å². The number of imidazole rings is 1. The van der Waals surface area contributed by atoms with Crippen molar-refractivity contribution >= 4 is 22.9 Å². The molecule has 4 rings (SSSR count). The molecule has 6 heteroatoms. The summed E-state index contributed by atoms with van der Waals surface area (Å²) in [5, 5.41) is 12.9. The van der Waals surface area contributed by atoms with E-state index >= 15 is 0 Å². The van der Waals surface area contributed by atoms with E-state index in [0.717, 1.165) is 42.8 Å². The van der Waals surface area contributed by atoms with Gasteiger partial charge in [0.1, 0.15) is 0 Å². The highest BCUT2D eigenvalue weighted by Gasteiger charge is 2.25. The molecule has 6 nitrogen and oxygen atoms in total. The number of nitrogens with one attached hydrogen (secondary N) is 1. The summed E-state index contributed by atoms with van der Waals surface area (Å²) in [6.45, 7) is 1.43. The molecule has 2 N–H and O–H groups in total. The van der Waals surface area contributed by atoms with Crippen molar-refractivity contribution in [2.75, 3.05) is 18.0 Å². The first-order valence-electron chi connectivity index (χ1n) is 8.82. The second-order valence-electron chi connectivity index (χ2n) is 7.02. The molecule has 1 atom stereocenters. The van der Waals surface area contributed by atoms with Crippen molar-refractivity contribution in [2.45, 2.75) is 44.2 Å². The van der Waals surface area contributed by atoms with Crippen molar-refractivity contribution in [3.63, 3.8) is 0 Å². The van der Waals surface area contributed by atoms with Crippen molar-refractivity contribution in [3.8, 4) is 0 Å². The van der Waals surface area contributed by atoms with Gasteiger partial charge in [-0.3, -0.25) is 4.79 Å². The van der Waals surface area contributed by atoms with E-state index in [9.17, 15) is 9.90 Å². The maximum absolute atomic E-state index is 12.4. The third-order valence-electron chi connectivity index (χ3n) is 5.26. The minimum absolute atomic E-state index is 0.00685. The molecule has 1 aromatic heterocycles. The molecule has 24 heavy (non-hydrogen) atoms. The van der Waals surface area contributed by atoms with Crippen LogP contribution in [0.25, 0.3) is 11.0 Å². The standard InChI is InChI=1S/C18H24N4O2/c1-21-16-7-6-12(17(24)19-13-4-2-3-5-13)10-15(16)20-18(21)22-9-8-14(23)11-22/h6-7,10,13-14,23H,2-5,8-9,11H2,1H3,(H,19,24)/t14-/m0/s1. The fourth-order valence-corrected chi connectivity index (χ4v) is 3.87. The van der Waals surface area contributed by atoms with Gasteiger partial charge in [0, 0.05) is 31.7 Å². The van der Waals surface area contributed by atoms with Crippen LogP contribution in [0.5, 0.6) is 0 Å². The number of anilines is 1. The molecule has 0 unspecified atom stereocenters. The molecule has 1 aliphatic heterocycles. The first-order valence-corrected chi connectivity index (χ1v) is 8.82. The topological polar surface area (TPSA) is 70.4 Å². The van der Waals surface area contributed by atoms with Crippen LogP contribution >= 0.6 is 0 Å². The van der Waals surface area contributed by atoms with Crippen molar-refractivity contribution in [2.24, 2.45) is 7.05 Å². The summed E-state index contributed by atoms with van der Waals surface area (Å²) in [4.78, 5) is 19.2. The molecule has 2 fully saturated rings. The van der Waals surface area contributed by atoms with E-state index in [0.29, 0.717) is 18.2 Å². The molecule has 0 radical (unpaired) electrons. The highest BCUT2D eigenvalue weighted by Crippen LogP contribution is 2.25. The molecule has 0 bridgehead atoms. The predicted octanol–water partition coefficient (Wildman–Crippen LogP) is 1.82. The summed E-state index contributed by atoms with van der Waals surface area (Å²) < 4.78 is 2.03. The van der Waals surface area contributed by atoms with Crippen LogP contribution in [0.1, 0.15) is 42.5 Å². The Hall–Kier alpha value is -2.08. The number of carbonyl (C=O) groups excluding carboxylic acids is 1. The molecule has 1 aliphatic carbocycles. The number of hydrogen-bond donors (Lipinski definition) is 2. The third kappa shape index (κ3) is 2.75. The molecular weight excluding hydrogens is 304 g/mol. The SMILES string of the molecule is Cn1c(N2CC[C@H](O)C2)nc2cc(C(=O)NC3CCCC3)ccc21. The lowest BCUT2D eigenvalue weighted by Crippen LogP contribution is -2.32. The van der Waals surface area contributed by atoms with Gasteiger partial charge in [0.05, 0.1) is 17.1 Å². The molecule has 1 amide bonds. The average Bonchev–Trinajstić information content (AvgIpc) is 3.28. The van der Waals surface area contributed by atoms with Gasteiger partial charge in [0.25, 0.3) is 5.91 Å². The zero-order chi connectivity index (χ0) is 16.7. The van der Waals surface area contributed by atoms with Crippen LogP contribution in [0.3, 0.4) is 0 Å². The van der Waals surface area contributed by atoms with Crippen LogP contribution in [0, 0.1) is 0 Å². The van der Waals surface area contributed by atoms with E-state index in [4.69, 9.17) is 4.98 Å². The first kappa shape index (κ1) is 15.4. The molecule has 0 spiro atoms. The van der Waals surface area contributed by atoms with E-state index < -0.39 is 0 Å². The summed E-state index contributed by atoms with van der Waals surface area (Å²) in [5.41, 5.74) is 2.50. The van der Waals surface area contributed by atoms with Gasteiger partial charge in [-0.2, -0.15) is 0 Å². The second-order valence-corrected chi connectivity index (χ2v) is 7.02. The van der Waals surface area contributed by atoms with E-state index in [1.807, 2.05) is 29.8 Å². The number of carbonyl (C=O) groups is 1. The number of benzene rings is 1. The van der Waals surface area contributed by atoms with Crippen LogP contribution < -0.4 is 10.2 Å². The maximum atomic E-state index is 12.4. The average molecular weight is 328 g/mol. The van der Waals surface area contributed by atoms with Gasteiger partial charge in [0.15, 0.2) is 0 Å². The van der Waals surface area contributed by atoms with Crippen LogP contribution in [0.2, 0.25) is 0 Å². The molecule has 1 saturated heterocycles. The number of β-amino-alcohol motifs (C(OH)–C–C–N with tert-alkyl or cyclic N) is 1. The Labute approximate surface area is 141 Å². The quantitative estimate of drug-likeness (QED) is 0.902. The Kier molecular flexibility index (Phi) is 3.92. The highest BCUT2D eigenvalue weighted by molar-refractivity contribution is 5.97. The highest BCUT2D eigenvalue weighted by atomic mass is 16.3. The van der Waals surface area contributed by atoms with E-state index in [1.165, 1.54) is 12.8 Å². The predicted molar refractivity (Wildman–Crippen MR) is 93.3 cm³/mol. The minimum Gasteiger partial charge on any atom is -0.391 e. The first-order chi connectivity index (χ1) is 11.6. The van der Waals surface area contributed by atoms with Crippen molar-refractivity contribution < 1.29 is 9.90 Å². The van der Waals surface area contributed by atoms with Crippen molar-refractivity contribution in [1.82, 2.24) is 14.9 Å². The summed E-state index contributed by atoms with van der Waals surface area (Å²) >= 11 is 0. The van der Waals surface area contributed by atoms with E-state index in [-0.39, 0.29) is 12.0 Å². The number of rotatable bonds is 3. The van der Waals surface area contributed by atoms with E-state index in [2.05, 4.69) is 10.2 Å². The van der Waals surface area contributed by atoms with Gasteiger partial charge in [0.2, 0.25) is 5.95 Å². The fraction of sp³-hybridized carbons (Fsp3) is 0.556. The number of hydrogen-bond acceptors (Lipinski definition) is 4. The lowest BCUT2D eigenvalue weighted by Gasteiger charge is -2.16. The number of nitrogens with zero attached hydrogens (tertiary/aromatic N) is 3. The summed E-state index contributed by atoms with van der Waals surface area (Å²) in [5.74, 6) is 0.850. The third-order valence-corrected chi connectivity index (χ3v) is 5.26. The summed E-state index contributed by atoms with van der Waals surface area (Å²) in [6.07, 6.45) is 5.07. The van der Waals surface area contributed by atoms with Gasteiger partial charge in [-0.05, 0) is 37.5 Å². The summed E-state index contributed by atoms with van der Waals surface area (Å²) in [7, 11) is 1.98. The Morgan fingerprint density at radius 2 is 2.08 bits per heavy atom. The minimum atomic E-state index is -0.280. The number of aliphatic hydroxyl groups is 1. The number of aromatic nitrogens is 2. The van der Waals surface area contributed by atoms with E-state index in [1.54, 1.807) is 0 Å². The Balaban J connectivity index is 1.59. The molecule has 2 aliphatic rings. The normalized spacial score (nSPS) is 21.8. The monoisotopic (exact) mass is 328 g/mol. The van der Waals surface area contributed by atoms with Gasteiger partial charge in [-0.15, -0.1) is 0 Å². The number of amides is 1. The zero-order valence-electron chi connectivity index (χ0n) is 14.0. The van der Waals surface area contributed by atoms with Crippen LogP contribution in [0.15, 0.2) is 18.2 Å². The second kappa shape index (κ2) is 6.09. The van der Waals surface area contributed by atoms with Crippen LogP contribution in [0.4, 0.5) is 5.95 Å². The Morgan fingerprint density at radius 3 is 2.79 bits per heavy atom. The van der Waals surface area contributed by atoms with Crippen LogP contribution in [-0.2, 0) is 7.05 Å². The molecule has 2 heterocycles. The molecule has 1 aromatic carbocycles. The lowest BCUT2D eigenvalue weighted by atomic mass is 10.1. The van der Waals surface area contributed by atoms with Gasteiger partial charge < -0.3 is 19.9 Å². The molecular formula is C18H24N4O2. The molecule has 1 saturated carbocycles. The maximum Gasteiger partial charge on any atom is 0.251 e. The molecule has 2 aromatic rings. The number of aliphatic hydroxyl groups excluding tert-OH is 1. The number of fused-ring (bicyclic) bond motifs is 1. The van der Waals surface area contributed by atoms with Gasteiger partial charge in [-0.25, -0.2) is 4.98 Å². The Morgan fingerprint density at radius 1 is 1.29 bits per heavy atom. The zero-order valence-corrected chi connectivity index (χ0v) is 14.0. The molecule has 128 valence electrons. The lowest BCUT2D eigenvalue weighted by molar-refractivity contribution is 0.0938. The van der Waals surface area contributed by atoms with Gasteiger partial charge >= 0.3 is 0 Å². The van der Waals surface area contributed by atoms with Crippen LogP contribution in [-0.4, -0.2) is 45.8 Å². The fourth-order valence-electron chi connectivity index (χ4n) is 3.87. The number of aryl methyl sites for hydroxylation is 1. The Bertz CT molecular complexity index is 764. The van der Waals surface area contributed by atoms with Crippen molar-refractivity contribution in [1.29, 1.82) is 0 Å². The van der Waals surface area contributed by atoms with Crippen molar-refractivity contribution in [3.05, 3.63) is 23.8 Å². The largest absolute Gasteiger partial charge is 0.391 e.